The van der Waals surface area contributed by atoms with Gasteiger partial charge >= 0.3 is 6.03 Å². The number of rotatable bonds is 7. The SMILES string of the molecule is COc1ccc(NC(=O)NC(=O)CSc2nnc(N3CCOCC3)n2-c2ccccc2)cc1. The number of benzene rings is 2. The number of hydrogen-bond acceptors (Lipinski definition) is 8. The Morgan fingerprint density at radius 3 is 2.48 bits per heavy atom. The number of imide groups is 1. The van der Waals surface area contributed by atoms with Gasteiger partial charge in [0.05, 0.1) is 31.8 Å². The van der Waals surface area contributed by atoms with E-state index in [9.17, 15) is 9.59 Å². The van der Waals surface area contributed by atoms with Gasteiger partial charge in [-0.1, -0.05) is 30.0 Å². The molecule has 3 amide bonds. The summed E-state index contributed by atoms with van der Waals surface area (Å²) in [5.41, 5.74) is 1.44. The van der Waals surface area contributed by atoms with Crippen molar-refractivity contribution in [2.75, 3.05) is 49.4 Å². The van der Waals surface area contributed by atoms with Crippen molar-refractivity contribution in [3.05, 3.63) is 54.6 Å². The third-order valence-electron chi connectivity index (χ3n) is 4.86. The van der Waals surface area contributed by atoms with Crippen molar-refractivity contribution in [3.8, 4) is 11.4 Å². The summed E-state index contributed by atoms with van der Waals surface area (Å²) >= 11 is 1.21. The van der Waals surface area contributed by atoms with Gasteiger partial charge in [0.25, 0.3) is 0 Å². The van der Waals surface area contributed by atoms with Crippen LogP contribution >= 0.6 is 11.8 Å². The van der Waals surface area contributed by atoms with Crippen LogP contribution in [-0.4, -0.2) is 65.9 Å². The fourth-order valence-corrected chi connectivity index (χ4v) is 4.00. The van der Waals surface area contributed by atoms with Gasteiger partial charge in [0.2, 0.25) is 11.9 Å². The Kier molecular flexibility index (Phi) is 7.43. The molecule has 0 bridgehead atoms. The van der Waals surface area contributed by atoms with Crippen molar-refractivity contribution in [2.45, 2.75) is 5.16 Å². The van der Waals surface area contributed by atoms with Crippen LogP contribution in [0.3, 0.4) is 0 Å². The smallest absolute Gasteiger partial charge is 0.325 e. The van der Waals surface area contributed by atoms with E-state index < -0.39 is 11.9 Å². The molecule has 3 aromatic rings. The van der Waals surface area contributed by atoms with Gasteiger partial charge in [-0.25, -0.2) is 4.79 Å². The molecule has 10 nitrogen and oxygen atoms in total. The van der Waals surface area contributed by atoms with Crippen LogP contribution in [0.15, 0.2) is 59.8 Å². The number of hydrogen-bond donors (Lipinski definition) is 2. The number of amides is 3. The lowest BCUT2D eigenvalue weighted by Gasteiger charge is -2.27. The maximum atomic E-state index is 12.4. The van der Waals surface area contributed by atoms with E-state index in [1.54, 1.807) is 31.4 Å². The second-order valence-electron chi connectivity index (χ2n) is 7.07. The molecule has 2 heterocycles. The summed E-state index contributed by atoms with van der Waals surface area (Å²) < 4.78 is 12.4. The lowest BCUT2D eigenvalue weighted by atomic mass is 10.3. The van der Waals surface area contributed by atoms with Crippen molar-refractivity contribution in [3.63, 3.8) is 0 Å². The van der Waals surface area contributed by atoms with Crippen LogP contribution < -0.4 is 20.3 Å². The van der Waals surface area contributed by atoms with Gasteiger partial charge in [-0.2, -0.15) is 0 Å². The van der Waals surface area contributed by atoms with Crippen molar-refractivity contribution in [2.24, 2.45) is 0 Å². The van der Waals surface area contributed by atoms with E-state index in [0.717, 1.165) is 5.69 Å². The van der Waals surface area contributed by atoms with Gasteiger partial charge in [0, 0.05) is 18.8 Å². The second-order valence-corrected chi connectivity index (χ2v) is 8.01. The van der Waals surface area contributed by atoms with Gasteiger partial charge in [0.1, 0.15) is 5.75 Å². The zero-order valence-corrected chi connectivity index (χ0v) is 18.9. The molecule has 1 saturated heterocycles. The van der Waals surface area contributed by atoms with Crippen molar-refractivity contribution in [1.29, 1.82) is 0 Å². The fraction of sp³-hybridized carbons (Fsp3) is 0.273. The quantitative estimate of drug-likeness (QED) is 0.509. The number of nitrogens with zero attached hydrogens (tertiary/aromatic N) is 4. The van der Waals surface area contributed by atoms with Crippen LogP contribution in [0.4, 0.5) is 16.4 Å². The summed E-state index contributed by atoms with van der Waals surface area (Å²) in [6, 6.07) is 15.9. The van der Waals surface area contributed by atoms with Gasteiger partial charge in [-0.15, -0.1) is 10.2 Å². The van der Waals surface area contributed by atoms with E-state index >= 15 is 0 Å². The molecule has 1 aliphatic heterocycles. The van der Waals surface area contributed by atoms with E-state index in [2.05, 4.69) is 25.7 Å². The molecule has 172 valence electrons. The Hall–Kier alpha value is -3.57. The first kappa shape index (κ1) is 22.6. The molecular formula is C22H24N6O4S. The molecule has 4 rings (SSSR count). The lowest BCUT2D eigenvalue weighted by Crippen LogP contribution is -2.38. The molecule has 0 spiro atoms. The Bertz CT molecular complexity index is 1080. The van der Waals surface area contributed by atoms with Crippen LogP contribution in [0.5, 0.6) is 5.75 Å². The first-order valence-electron chi connectivity index (χ1n) is 10.4. The molecule has 0 atom stereocenters. The third kappa shape index (κ3) is 5.82. The fourth-order valence-electron chi connectivity index (χ4n) is 3.26. The molecule has 0 radical (unpaired) electrons. The summed E-state index contributed by atoms with van der Waals surface area (Å²) in [5, 5.41) is 14.2. The zero-order chi connectivity index (χ0) is 23.0. The molecule has 1 aromatic heterocycles. The molecule has 2 N–H and O–H groups in total. The number of urea groups is 1. The molecule has 0 unspecified atom stereocenters. The van der Waals surface area contributed by atoms with Gasteiger partial charge in [-0.05, 0) is 36.4 Å². The maximum Gasteiger partial charge on any atom is 0.325 e. The lowest BCUT2D eigenvalue weighted by molar-refractivity contribution is -0.117. The van der Waals surface area contributed by atoms with Crippen LogP contribution in [-0.2, 0) is 9.53 Å². The summed E-state index contributed by atoms with van der Waals surface area (Å²) in [7, 11) is 1.56. The first-order chi connectivity index (χ1) is 16.1. The number of carbonyl (C=O) groups excluding carboxylic acids is 2. The average molecular weight is 469 g/mol. The summed E-state index contributed by atoms with van der Waals surface area (Å²) in [6.45, 7) is 2.66. The van der Waals surface area contributed by atoms with Crippen LogP contribution in [0.25, 0.3) is 5.69 Å². The predicted molar refractivity (Wildman–Crippen MR) is 125 cm³/mol. The van der Waals surface area contributed by atoms with Gasteiger partial charge < -0.3 is 19.7 Å². The topological polar surface area (TPSA) is 111 Å². The minimum atomic E-state index is -0.607. The molecule has 0 aliphatic carbocycles. The van der Waals surface area contributed by atoms with Crippen LogP contribution in [0, 0.1) is 0 Å². The highest BCUT2D eigenvalue weighted by molar-refractivity contribution is 7.99. The van der Waals surface area contributed by atoms with Gasteiger partial charge in [0.15, 0.2) is 5.16 Å². The summed E-state index contributed by atoms with van der Waals surface area (Å²) in [4.78, 5) is 26.6. The summed E-state index contributed by atoms with van der Waals surface area (Å²) in [6.07, 6.45) is 0. The van der Waals surface area contributed by atoms with E-state index in [4.69, 9.17) is 9.47 Å². The highest BCUT2D eigenvalue weighted by Gasteiger charge is 2.22. The minimum Gasteiger partial charge on any atom is -0.497 e. The molecule has 33 heavy (non-hydrogen) atoms. The Morgan fingerprint density at radius 1 is 1.06 bits per heavy atom. The number of ether oxygens (including phenoxy) is 2. The van der Waals surface area contributed by atoms with Crippen molar-refractivity contribution < 1.29 is 19.1 Å². The Balaban J connectivity index is 1.40. The number of thioether (sulfide) groups is 1. The predicted octanol–water partition coefficient (Wildman–Crippen LogP) is 2.55. The molecular weight excluding hydrogens is 444 g/mol. The standard InChI is InChI=1S/C22H24N6O4S/c1-31-18-9-7-16(8-10-18)23-20(30)24-19(29)15-33-22-26-25-21(27-11-13-32-14-12-27)28(22)17-5-3-2-4-6-17/h2-10H,11-15H2,1H3,(H2,23,24,29,30). The number of para-hydroxylation sites is 1. The molecule has 0 saturated carbocycles. The number of aromatic nitrogens is 3. The number of methoxy groups -OCH3 is 1. The van der Waals surface area contributed by atoms with E-state index in [-0.39, 0.29) is 5.75 Å². The Labute approximate surface area is 195 Å². The Morgan fingerprint density at radius 2 is 1.79 bits per heavy atom. The van der Waals surface area contributed by atoms with E-state index in [1.807, 2.05) is 34.9 Å². The highest BCUT2D eigenvalue weighted by atomic mass is 32.2. The molecule has 2 aromatic carbocycles. The monoisotopic (exact) mass is 468 g/mol. The van der Waals surface area contributed by atoms with E-state index in [0.29, 0.717) is 48.8 Å². The van der Waals surface area contributed by atoms with Crippen LogP contribution in [0.1, 0.15) is 0 Å². The van der Waals surface area contributed by atoms with Crippen LogP contribution in [0.2, 0.25) is 0 Å². The van der Waals surface area contributed by atoms with Crippen molar-refractivity contribution >= 4 is 35.3 Å². The average Bonchev–Trinajstić information content (AvgIpc) is 3.28. The number of carbonyl (C=O) groups is 2. The molecule has 1 aliphatic rings. The first-order valence-corrected chi connectivity index (χ1v) is 11.3. The number of anilines is 2. The number of nitrogens with one attached hydrogen (secondary N) is 2. The molecule has 1 fully saturated rings. The normalized spacial score (nSPS) is 13.4. The van der Waals surface area contributed by atoms with E-state index in [1.165, 1.54) is 11.8 Å². The second kappa shape index (κ2) is 10.8. The summed E-state index contributed by atoms with van der Waals surface area (Å²) in [5.74, 6) is 0.933. The number of morpholine rings is 1. The highest BCUT2D eigenvalue weighted by Crippen LogP contribution is 2.27. The largest absolute Gasteiger partial charge is 0.497 e. The maximum absolute atomic E-state index is 12.4. The van der Waals surface area contributed by atoms with Crippen molar-refractivity contribution in [1.82, 2.24) is 20.1 Å². The third-order valence-corrected chi connectivity index (χ3v) is 5.79. The zero-order valence-electron chi connectivity index (χ0n) is 18.1. The molecule has 11 heteroatoms. The minimum absolute atomic E-state index is 0.00408. The van der Waals surface area contributed by atoms with Gasteiger partial charge in [-0.3, -0.25) is 14.7 Å².